The number of urea groups is 1. The van der Waals surface area contributed by atoms with Crippen molar-refractivity contribution in [3.8, 4) is 0 Å². The zero-order valence-corrected chi connectivity index (χ0v) is 11.7. The minimum absolute atomic E-state index is 0.0130. The molecule has 0 saturated carbocycles. The number of esters is 1. The van der Waals surface area contributed by atoms with Crippen LogP contribution in [0.5, 0.6) is 0 Å². The van der Waals surface area contributed by atoms with Gasteiger partial charge in [-0.2, -0.15) is 0 Å². The molecule has 0 aromatic heterocycles. The minimum atomic E-state index is -0.750. The van der Waals surface area contributed by atoms with Crippen molar-refractivity contribution in [3.63, 3.8) is 0 Å². The third-order valence-corrected chi connectivity index (χ3v) is 2.96. The van der Waals surface area contributed by atoms with Crippen LogP contribution in [0.3, 0.4) is 0 Å². The molecule has 3 amide bonds. The third-order valence-electron chi connectivity index (χ3n) is 2.96. The number of halogens is 1. The highest BCUT2D eigenvalue weighted by Gasteiger charge is 2.38. The van der Waals surface area contributed by atoms with Gasteiger partial charge in [0.2, 0.25) is 0 Å². The lowest BCUT2D eigenvalue weighted by Crippen LogP contribution is -2.37. The van der Waals surface area contributed by atoms with E-state index in [1.54, 1.807) is 6.92 Å². The van der Waals surface area contributed by atoms with E-state index < -0.39 is 30.3 Å². The van der Waals surface area contributed by atoms with Gasteiger partial charge in [-0.1, -0.05) is 0 Å². The number of carbonyl (C=O) groups is 3. The van der Waals surface area contributed by atoms with Gasteiger partial charge in [0.1, 0.15) is 18.9 Å². The standard InChI is InChI=1S/C14H12FN3O4/c1-3-22-13(20)8-18-12(19)7-17(14(18)21)11-5-9(15)4-10(6-11)16-2/h4-6H,3,7-8H2,1H3. The number of rotatable bonds is 4. The number of nitrogens with zero attached hydrogens (tertiary/aromatic N) is 3. The lowest BCUT2D eigenvalue weighted by Gasteiger charge is -2.17. The zero-order valence-electron chi connectivity index (χ0n) is 11.7. The number of amides is 3. The molecule has 0 unspecified atom stereocenters. The van der Waals surface area contributed by atoms with E-state index >= 15 is 0 Å². The Morgan fingerprint density at radius 2 is 2.14 bits per heavy atom. The summed E-state index contributed by atoms with van der Waals surface area (Å²) >= 11 is 0. The molecule has 0 aliphatic carbocycles. The first kappa shape index (κ1) is 15.4. The molecule has 1 aliphatic rings. The van der Waals surface area contributed by atoms with Crippen LogP contribution < -0.4 is 4.90 Å². The Morgan fingerprint density at radius 3 is 2.77 bits per heavy atom. The number of carbonyl (C=O) groups excluding carboxylic acids is 3. The van der Waals surface area contributed by atoms with Gasteiger partial charge < -0.3 is 4.74 Å². The van der Waals surface area contributed by atoms with Crippen molar-refractivity contribution in [3.05, 3.63) is 35.4 Å². The molecule has 2 rings (SSSR count). The van der Waals surface area contributed by atoms with Crippen LogP contribution in [0.2, 0.25) is 0 Å². The van der Waals surface area contributed by atoms with E-state index in [0.29, 0.717) is 0 Å². The molecule has 1 fully saturated rings. The van der Waals surface area contributed by atoms with Crippen LogP contribution in [0, 0.1) is 12.4 Å². The van der Waals surface area contributed by atoms with Crippen molar-refractivity contribution in [1.29, 1.82) is 0 Å². The fourth-order valence-corrected chi connectivity index (χ4v) is 2.01. The molecule has 0 N–H and O–H groups in total. The molecule has 1 aromatic carbocycles. The van der Waals surface area contributed by atoms with Gasteiger partial charge in [0, 0.05) is 5.69 Å². The van der Waals surface area contributed by atoms with Gasteiger partial charge in [0.15, 0.2) is 5.69 Å². The average Bonchev–Trinajstić information content (AvgIpc) is 2.75. The summed E-state index contributed by atoms with van der Waals surface area (Å²) < 4.78 is 18.1. The predicted octanol–water partition coefficient (Wildman–Crippen LogP) is 1.71. The lowest BCUT2D eigenvalue weighted by molar-refractivity contribution is -0.146. The Kier molecular flexibility index (Phi) is 4.36. The molecular weight excluding hydrogens is 293 g/mol. The van der Waals surface area contributed by atoms with E-state index in [2.05, 4.69) is 4.85 Å². The number of ether oxygens (including phenoxy) is 1. The molecule has 7 nitrogen and oxygen atoms in total. The van der Waals surface area contributed by atoms with E-state index in [1.165, 1.54) is 6.07 Å². The van der Waals surface area contributed by atoms with Gasteiger partial charge in [-0.05, 0) is 25.1 Å². The predicted molar refractivity (Wildman–Crippen MR) is 73.8 cm³/mol. The van der Waals surface area contributed by atoms with Crippen molar-refractivity contribution in [1.82, 2.24) is 4.90 Å². The Morgan fingerprint density at radius 1 is 1.41 bits per heavy atom. The zero-order chi connectivity index (χ0) is 16.3. The largest absolute Gasteiger partial charge is 0.465 e. The third kappa shape index (κ3) is 3.03. The summed E-state index contributed by atoms with van der Waals surface area (Å²) in [5, 5.41) is 0. The molecule has 0 bridgehead atoms. The highest BCUT2D eigenvalue weighted by Crippen LogP contribution is 2.27. The second kappa shape index (κ2) is 6.22. The molecule has 1 aliphatic heterocycles. The first-order valence-electron chi connectivity index (χ1n) is 6.41. The van der Waals surface area contributed by atoms with Crippen molar-refractivity contribution in [2.45, 2.75) is 6.92 Å². The Hall–Kier alpha value is -2.95. The normalized spacial score (nSPS) is 14.2. The van der Waals surface area contributed by atoms with Crippen LogP contribution in [0.4, 0.5) is 20.6 Å². The van der Waals surface area contributed by atoms with Gasteiger partial charge >= 0.3 is 12.0 Å². The number of hydrogen-bond donors (Lipinski definition) is 0. The van der Waals surface area contributed by atoms with Crippen molar-refractivity contribution in [2.75, 3.05) is 24.6 Å². The second-order valence-electron chi connectivity index (χ2n) is 4.43. The summed E-state index contributed by atoms with van der Waals surface area (Å²) in [6, 6.07) is 2.62. The van der Waals surface area contributed by atoms with E-state index in [4.69, 9.17) is 11.3 Å². The Balaban J connectivity index is 2.23. The summed E-state index contributed by atoms with van der Waals surface area (Å²) in [5.74, 6) is -1.98. The first-order valence-corrected chi connectivity index (χ1v) is 6.41. The summed E-state index contributed by atoms with van der Waals surface area (Å²) in [5.41, 5.74) is 0.106. The maximum Gasteiger partial charge on any atom is 0.332 e. The van der Waals surface area contributed by atoms with Crippen LogP contribution >= 0.6 is 0 Å². The fourth-order valence-electron chi connectivity index (χ4n) is 2.01. The molecule has 1 heterocycles. The number of hydrogen-bond acceptors (Lipinski definition) is 4. The molecule has 22 heavy (non-hydrogen) atoms. The summed E-state index contributed by atoms with van der Waals surface area (Å²) in [6.45, 7) is 7.82. The topological polar surface area (TPSA) is 71.3 Å². The minimum Gasteiger partial charge on any atom is -0.465 e. The Labute approximate surface area is 125 Å². The maximum absolute atomic E-state index is 13.4. The number of benzene rings is 1. The van der Waals surface area contributed by atoms with Crippen LogP contribution in [-0.2, 0) is 14.3 Å². The van der Waals surface area contributed by atoms with Crippen LogP contribution in [-0.4, -0.2) is 42.5 Å². The fraction of sp³-hybridized carbons (Fsp3) is 0.286. The molecule has 114 valence electrons. The van der Waals surface area contributed by atoms with Gasteiger partial charge in [-0.25, -0.2) is 14.0 Å². The van der Waals surface area contributed by atoms with Crippen molar-refractivity contribution >= 4 is 29.3 Å². The van der Waals surface area contributed by atoms with Crippen LogP contribution in [0.15, 0.2) is 18.2 Å². The quantitative estimate of drug-likeness (QED) is 0.482. The van der Waals surface area contributed by atoms with Gasteiger partial charge in [-0.15, -0.1) is 0 Å². The molecule has 1 aromatic rings. The molecule has 0 spiro atoms. The smallest absolute Gasteiger partial charge is 0.332 e. The van der Waals surface area contributed by atoms with Crippen molar-refractivity contribution in [2.24, 2.45) is 0 Å². The summed E-state index contributed by atoms with van der Waals surface area (Å²) in [7, 11) is 0. The van der Waals surface area contributed by atoms with E-state index in [0.717, 1.165) is 21.9 Å². The lowest BCUT2D eigenvalue weighted by atomic mass is 10.2. The highest BCUT2D eigenvalue weighted by molar-refractivity contribution is 6.13. The summed E-state index contributed by atoms with van der Waals surface area (Å²) in [4.78, 5) is 40.3. The molecular formula is C14H12FN3O4. The van der Waals surface area contributed by atoms with Gasteiger partial charge in [0.05, 0.1) is 13.2 Å². The van der Waals surface area contributed by atoms with Crippen LogP contribution in [0.1, 0.15) is 6.92 Å². The molecule has 0 atom stereocenters. The molecule has 1 saturated heterocycles. The van der Waals surface area contributed by atoms with E-state index in [-0.39, 0.29) is 24.5 Å². The summed E-state index contributed by atoms with van der Waals surface area (Å²) in [6.07, 6.45) is 0. The maximum atomic E-state index is 13.4. The molecule has 0 radical (unpaired) electrons. The van der Waals surface area contributed by atoms with Gasteiger partial charge in [-0.3, -0.25) is 19.4 Å². The van der Waals surface area contributed by atoms with E-state index in [1.807, 2.05) is 0 Å². The number of anilines is 1. The highest BCUT2D eigenvalue weighted by atomic mass is 19.1. The van der Waals surface area contributed by atoms with E-state index in [9.17, 15) is 18.8 Å². The van der Waals surface area contributed by atoms with Gasteiger partial charge in [0.25, 0.3) is 5.91 Å². The first-order chi connectivity index (χ1) is 10.5. The SMILES string of the molecule is [C-]#[N+]c1cc(F)cc(N2CC(=O)N(CC(=O)OCC)C2=O)c1. The number of imide groups is 1. The second-order valence-corrected chi connectivity index (χ2v) is 4.43. The molecule has 8 heteroatoms. The average molecular weight is 305 g/mol. The van der Waals surface area contributed by atoms with Crippen LogP contribution in [0.25, 0.3) is 4.85 Å². The Bertz CT molecular complexity index is 683. The van der Waals surface area contributed by atoms with Crippen molar-refractivity contribution < 1.29 is 23.5 Å². The monoisotopic (exact) mass is 305 g/mol.